The van der Waals surface area contributed by atoms with Crippen molar-refractivity contribution in [3.63, 3.8) is 0 Å². The number of amides is 1. The highest BCUT2D eigenvalue weighted by Crippen LogP contribution is 2.55. The summed E-state index contributed by atoms with van der Waals surface area (Å²) in [5, 5.41) is 8.40. The molecule has 0 aromatic carbocycles. The standard InChI is InChI=1S/C7H7F2N3O/c8-7(9)2-4(7)5-1-6(10-3-13)12-11-5/h1,3-4H,2H2,(H2,10,11,12,13). The Labute approximate surface area is 72.3 Å². The van der Waals surface area contributed by atoms with Crippen LogP contribution in [0.3, 0.4) is 0 Å². The summed E-state index contributed by atoms with van der Waals surface area (Å²) in [4.78, 5) is 9.99. The van der Waals surface area contributed by atoms with E-state index in [-0.39, 0.29) is 6.42 Å². The second kappa shape index (κ2) is 2.51. The van der Waals surface area contributed by atoms with Crippen LogP contribution in [0.2, 0.25) is 0 Å². The molecule has 0 radical (unpaired) electrons. The number of aromatic nitrogens is 2. The van der Waals surface area contributed by atoms with Crippen molar-refractivity contribution in [2.45, 2.75) is 18.3 Å². The van der Waals surface area contributed by atoms with Crippen molar-refractivity contribution in [1.82, 2.24) is 10.2 Å². The SMILES string of the molecule is O=CNc1cc(C2CC2(F)F)n[nH]1. The lowest BCUT2D eigenvalue weighted by molar-refractivity contribution is -0.105. The Morgan fingerprint density at radius 2 is 2.46 bits per heavy atom. The number of hydrogen-bond acceptors (Lipinski definition) is 2. The summed E-state index contributed by atoms with van der Waals surface area (Å²) in [6, 6.07) is 1.42. The molecule has 0 bridgehead atoms. The third kappa shape index (κ3) is 1.39. The molecular weight excluding hydrogens is 180 g/mol. The van der Waals surface area contributed by atoms with Crippen LogP contribution in [-0.4, -0.2) is 22.5 Å². The lowest BCUT2D eigenvalue weighted by atomic mass is 10.3. The van der Waals surface area contributed by atoms with Gasteiger partial charge in [-0.25, -0.2) is 8.78 Å². The fourth-order valence-electron chi connectivity index (χ4n) is 1.19. The van der Waals surface area contributed by atoms with Crippen molar-refractivity contribution in [2.24, 2.45) is 0 Å². The average molecular weight is 187 g/mol. The summed E-state index contributed by atoms with van der Waals surface area (Å²) in [6.07, 6.45) is 0.306. The van der Waals surface area contributed by atoms with E-state index < -0.39 is 11.8 Å². The van der Waals surface area contributed by atoms with Crippen molar-refractivity contribution in [3.8, 4) is 0 Å². The van der Waals surface area contributed by atoms with Crippen LogP contribution in [0.25, 0.3) is 0 Å². The molecule has 1 amide bonds. The fraction of sp³-hybridized carbons (Fsp3) is 0.429. The Morgan fingerprint density at radius 3 is 3.00 bits per heavy atom. The number of nitrogens with one attached hydrogen (secondary N) is 2. The maximum Gasteiger partial charge on any atom is 0.257 e. The van der Waals surface area contributed by atoms with Crippen LogP contribution in [0, 0.1) is 0 Å². The highest BCUT2D eigenvalue weighted by atomic mass is 19.3. The number of rotatable bonds is 3. The summed E-state index contributed by atoms with van der Waals surface area (Å²) in [5.41, 5.74) is 0.300. The van der Waals surface area contributed by atoms with Gasteiger partial charge >= 0.3 is 0 Å². The fourth-order valence-corrected chi connectivity index (χ4v) is 1.19. The molecule has 1 saturated carbocycles. The predicted octanol–water partition coefficient (Wildman–Crippen LogP) is 1.10. The molecule has 1 aromatic heterocycles. The monoisotopic (exact) mass is 187 g/mol. The first-order chi connectivity index (χ1) is 6.13. The van der Waals surface area contributed by atoms with E-state index in [1.54, 1.807) is 0 Å². The van der Waals surface area contributed by atoms with Crippen LogP contribution in [-0.2, 0) is 4.79 Å². The van der Waals surface area contributed by atoms with Gasteiger partial charge in [0.1, 0.15) is 5.82 Å². The second-order valence-corrected chi connectivity index (χ2v) is 2.99. The van der Waals surface area contributed by atoms with Crippen molar-refractivity contribution in [2.75, 3.05) is 5.32 Å². The molecule has 13 heavy (non-hydrogen) atoms. The minimum absolute atomic E-state index is 0.154. The zero-order chi connectivity index (χ0) is 9.47. The van der Waals surface area contributed by atoms with Gasteiger partial charge in [-0.2, -0.15) is 5.10 Å². The van der Waals surface area contributed by atoms with Crippen LogP contribution in [0.5, 0.6) is 0 Å². The molecule has 1 heterocycles. The quantitative estimate of drug-likeness (QED) is 0.696. The summed E-state index contributed by atoms with van der Waals surface area (Å²) in [6.45, 7) is 0. The first-order valence-corrected chi connectivity index (χ1v) is 3.77. The van der Waals surface area contributed by atoms with Gasteiger partial charge in [0.15, 0.2) is 0 Å². The molecule has 4 nitrogen and oxygen atoms in total. The zero-order valence-electron chi connectivity index (χ0n) is 6.55. The maximum atomic E-state index is 12.5. The number of H-pyrrole nitrogens is 1. The average Bonchev–Trinajstić information content (AvgIpc) is 2.52. The molecule has 0 saturated heterocycles. The topological polar surface area (TPSA) is 57.8 Å². The van der Waals surface area contributed by atoms with Crippen LogP contribution in [0.4, 0.5) is 14.6 Å². The number of aromatic amines is 1. The van der Waals surface area contributed by atoms with Crippen LogP contribution in [0.15, 0.2) is 6.07 Å². The Kier molecular flexibility index (Phi) is 1.58. The Morgan fingerprint density at radius 1 is 1.77 bits per heavy atom. The van der Waals surface area contributed by atoms with Gasteiger partial charge < -0.3 is 5.32 Å². The van der Waals surface area contributed by atoms with E-state index in [2.05, 4.69) is 15.5 Å². The summed E-state index contributed by atoms with van der Waals surface area (Å²) in [5.74, 6) is -3.06. The largest absolute Gasteiger partial charge is 0.314 e. The third-order valence-electron chi connectivity index (χ3n) is 2.00. The molecule has 0 aliphatic heterocycles. The molecule has 1 aliphatic carbocycles. The predicted molar refractivity (Wildman–Crippen MR) is 40.6 cm³/mol. The normalized spacial score (nSPS) is 24.0. The van der Waals surface area contributed by atoms with Gasteiger partial charge in [0.05, 0.1) is 11.6 Å². The van der Waals surface area contributed by atoms with Gasteiger partial charge in [-0.3, -0.25) is 9.89 Å². The zero-order valence-corrected chi connectivity index (χ0v) is 6.55. The van der Waals surface area contributed by atoms with Crippen molar-refractivity contribution in [1.29, 1.82) is 0 Å². The molecule has 2 N–H and O–H groups in total. The summed E-state index contributed by atoms with van der Waals surface area (Å²) >= 11 is 0. The summed E-state index contributed by atoms with van der Waals surface area (Å²) < 4.78 is 25.1. The van der Waals surface area contributed by atoms with E-state index in [1.165, 1.54) is 6.07 Å². The lowest BCUT2D eigenvalue weighted by Crippen LogP contribution is -1.93. The lowest BCUT2D eigenvalue weighted by Gasteiger charge is -1.90. The van der Waals surface area contributed by atoms with Crippen LogP contribution < -0.4 is 5.32 Å². The van der Waals surface area contributed by atoms with E-state index >= 15 is 0 Å². The van der Waals surface area contributed by atoms with E-state index in [4.69, 9.17) is 0 Å². The number of halogens is 2. The molecule has 1 fully saturated rings. The molecule has 2 rings (SSSR count). The summed E-state index contributed by atoms with van der Waals surface area (Å²) in [7, 11) is 0. The number of carbonyl (C=O) groups is 1. The molecule has 1 aliphatic rings. The van der Waals surface area contributed by atoms with E-state index in [9.17, 15) is 13.6 Å². The smallest absolute Gasteiger partial charge is 0.257 e. The van der Waals surface area contributed by atoms with Gasteiger partial charge in [0, 0.05) is 12.5 Å². The number of alkyl halides is 2. The van der Waals surface area contributed by atoms with Crippen molar-refractivity contribution < 1.29 is 13.6 Å². The van der Waals surface area contributed by atoms with Crippen LogP contribution in [0.1, 0.15) is 18.0 Å². The van der Waals surface area contributed by atoms with Crippen molar-refractivity contribution in [3.05, 3.63) is 11.8 Å². The van der Waals surface area contributed by atoms with Crippen LogP contribution >= 0.6 is 0 Å². The van der Waals surface area contributed by atoms with E-state index in [1.807, 2.05) is 0 Å². The second-order valence-electron chi connectivity index (χ2n) is 2.99. The first-order valence-electron chi connectivity index (χ1n) is 3.77. The first kappa shape index (κ1) is 8.15. The van der Waals surface area contributed by atoms with Crippen molar-refractivity contribution >= 4 is 12.2 Å². The van der Waals surface area contributed by atoms with E-state index in [0.29, 0.717) is 17.9 Å². The number of hydrogen-bond donors (Lipinski definition) is 2. The van der Waals surface area contributed by atoms with Gasteiger partial charge in [-0.05, 0) is 0 Å². The number of nitrogens with zero attached hydrogens (tertiary/aromatic N) is 1. The maximum absolute atomic E-state index is 12.5. The molecule has 1 atom stereocenters. The van der Waals surface area contributed by atoms with Gasteiger partial charge in [0.2, 0.25) is 6.41 Å². The van der Waals surface area contributed by atoms with Gasteiger partial charge in [-0.1, -0.05) is 0 Å². The minimum Gasteiger partial charge on any atom is -0.314 e. The molecule has 0 spiro atoms. The highest BCUT2D eigenvalue weighted by Gasteiger charge is 2.58. The van der Waals surface area contributed by atoms with Gasteiger partial charge in [0.25, 0.3) is 5.92 Å². The Balaban J connectivity index is 2.11. The van der Waals surface area contributed by atoms with Gasteiger partial charge in [-0.15, -0.1) is 0 Å². The highest BCUT2D eigenvalue weighted by molar-refractivity contribution is 5.68. The molecule has 1 aromatic rings. The van der Waals surface area contributed by atoms with E-state index in [0.717, 1.165) is 0 Å². The molecule has 70 valence electrons. The number of anilines is 1. The molecule has 6 heteroatoms. The Hall–Kier alpha value is -1.46. The molecule has 1 unspecified atom stereocenters. The Bertz CT molecular complexity index is 336. The molecular formula is C7H7F2N3O. The third-order valence-corrected chi connectivity index (χ3v) is 2.00. The minimum atomic E-state index is -2.62. The number of carbonyl (C=O) groups excluding carboxylic acids is 1.